The van der Waals surface area contributed by atoms with Gasteiger partial charge in [0.25, 0.3) is 0 Å². The molecule has 5 heteroatoms. The average molecular weight is 579 g/mol. The van der Waals surface area contributed by atoms with Crippen molar-refractivity contribution in [3.8, 4) is 33.9 Å². The van der Waals surface area contributed by atoms with Crippen LogP contribution in [0.1, 0.15) is 0 Å². The summed E-state index contributed by atoms with van der Waals surface area (Å²) in [6, 6.07) is 35.5. The Labute approximate surface area is 195 Å². The molecule has 4 nitrogen and oxygen atoms in total. The second kappa shape index (κ2) is 11.6. The minimum atomic E-state index is 0. The van der Waals surface area contributed by atoms with E-state index in [1.54, 1.807) is 12.4 Å². The van der Waals surface area contributed by atoms with Crippen molar-refractivity contribution in [1.82, 2.24) is 19.9 Å². The zero-order valence-corrected chi connectivity index (χ0v) is 18.9. The third-order valence-electron chi connectivity index (χ3n) is 4.23. The molecule has 0 atom stereocenters. The smallest absolute Gasteiger partial charge is 0.116 e. The number of aromatic nitrogens is 4. The molecule has 3 heterocycles. The van der Waals surface area contributed by atoms with Crippen molar-refractivity contribution < 1.29 is 20.1 Å². The van der Waals surface area contributed by atoms with Crippen molar-refractivity contribution in [2.75, 3.05) is 0 Å². The van der Waals surface area contributed by atoms with E-state index >= 15 is 0 Å². The molecule has 31 heavy (non-hydrogen) atoms. The van der Waals surface area contributed by atoms with Crippen LogP contribution in [-0.2, 0) is 20.1 Å². The first kappa shape index (κ1) is 22.2. The third-order valence-corrected chi connectivity index (χ3v) is 4.23. The first-order valence-electron chi connectivity index (χ1n) is 9.49. The first-order valence-corrected chi connectivity index (χ1v) is 9.49. The largest absolute Gasteiger partial charge is 0.305 e. The van der Waals surface area contributed by atoms with Crippen molar-refractivity contribution in [3.63, 3.8) is 0 Å². The second-order valence-electron chi connectivity index (χ2n) is 6.27. The number of hydrogen-bond donors (Lipinski definition) is 0. The van der Waals surface area contributed by atoms with Gasteiger partial charge in [-0.25, -0.2) is 9.97 Å². The van der Waals surface area contributed by atoms with Crippen LogP contribution in [0.3, 0.4) is 0 Å². The molecule has 0 saturated heterocycles. The van der Waals surface area contributed by atoms with Crippen LogP contribution in [0, 0.1) is 12.1 Å². The van der Waals surface area contributed by atoms with Crippen molar-refractivity contribution in [1.29, 1.82) is 0 Å². The molecule has 0 fully saturated rings. The van der Waals surface area contributed by atoms with Gasteiger partial charge >= 0.3 is 0 Å². The molecule has 0 N–H and O–H groups in total. The fourth-order valence-electron chi connectivity index (χ4n) is 2.80. The van der Waals surface area contributed by atoms with Crippen LogP contribution in [0.25, 0.3) is 33.9 Å². The molecular weight excluding hydrogens is 561 g/mol. The molecule has 2 aromatic carbocycles. The van der Waals surface area contributed by atoms with Crippen LogP contribution < -0.4 is 0 Å². The maximum Gasteiger partial charge on any atom is 0.116 e. The summed E-state index contributed by atoms with van der Waals surface area (Å²) in [5.74, 6) is 0. The molecule has 0 unspecified atom stereocenters. The molecule has 5 rings (SSSR count). The summed E-state index contributed by atoms with van der Waals surface area (Å²) in [5, 5.41) is 0. The van der Waals surface area contributed by atoms with Crippen LogP contribution >= 0.6 is 0 Å². The van der Waals surface area contributed by atoms with Gasteiger partial charge in [0.15, 0.2) is 0 Å². The molecule has 0 aliphatic rings. The van der Waals surface area contributed by atoms with Crippen LogP contribution in [0.4, 0.5) is 0 Å². The molecule has 0 aliphatic heterocycles. The summed E-state index contributed by atoms with van der Waals surface area (Å²) in [6.07, 6.45) is 5.03. The van der Waals surface area contributed by atoms with E-state index in [-0.39, 0.29) is 20.1 Å². The predicted molar refractivity (Wildman–Crippen MR) is 118 cm³/mol. The number of hydrogen-bond acceptors (Lipinski definition) is 4. The van der Waals surface area contributed by atoms with Crippen molar-refractivity contribution >= 4 is 0 Å². The quantitative estimate of drug-likeness (QED) is 0.264. The number of pyridine rings is 2. The number of benzene rings is 2. The summed E-state index contributed by atoms with van der Waals surface area (Å²) < 4.78 is 0. The summed E-state index contributed by atoms with van der Waals surface area (Å²) in [7, 11) is 0. The Morgan fingerprint density at radius 1 is 0.516 bits per heavy atom. The third kappa shape index (κ3) is 6.22. The zero-order valence-electron chi connectivity index (χ0n) is 16.5. The van der Waals surface area contributed by atoms with Gasteiger partial charge in [0.1, 0.15) is 6.33 Å². The summed E-state index contributed by atoms with van der Waals surface area (Å²) in [5.41, 5.74) is 5.55. The van der Waals surface area contributed by atoms with E-state index in [4.69, 9.17) is 0 Å². The first-order chi connectivity index (χ1) is 14.9. The van der Waals surface area contributed by atoms with Gasteiger partial charge in [0.2, 0.25) is 0 Å². The Bertz CT molecular complexity index is 1080. The Hall–Kier alpha value is -3.53. The topological polar surface area (TPSA) is 51.6 Å². The molecule has 0 spiro atoms. The SMILES string of the molecule is [Ir].[c-]1ccccc1-c1cccc(-c2ccncn2)n1.[c-]1ccccc1-c1ccccn1. The number of nitrogens with zero attached hydrogens (tertiary/aromatic N) is 4. The normalized spacial score (nSPS) is 9.68. The van der Waals surface area contributed by atoms with Gasteiger partial charge in [-0.3, -0.25) is 4.98 Å². The van der Waals surface area contributed by atoms with Crippen molar-refractivity contribution in [2.45, 2.75) is 0 Å². The van der Waals surface area contributed by atoms with Gasteiger partial charge < -0.3 is 4.98 Å². The van der Waals surface area contributed by atoms with Gasteiger partial charge in [-0.1, -0.05) is 24.3 Å². The van der Waals surface area contributed by atoms with Crippen LogP contribution in [0.15, 0.2) is 110 Å². The second-order valence-corrected chi connectivity index (χ2v) is 6.27. The van der Waals surface area contributed by atoms with E-state index < -0.39 is 0 Å². The average Bonchev–Trinajstić information content (AvgIpc) is 2.87. The standard InChI is InChI=1S/C15H10N3.C11H8N.Ir/c1-2-5-12(6-3-1)13-7-4-8-15(18-13)14-9-10-16-11-17-14;1-2-6-10(7-3-1)11-8-4-5-9-12-11;/h1-5,7-11H;1-6,8-9H;/q2*-1;. The maximum absolute atomic E-state index is 4.59. The summed E-state index contributed by atoms with van der Waals surface area (Å²) in [6.45, 7) is 0. The minimum Gasteiger partial charge on any atom is -0.305 e. The minimum absolute atomic E-state index is 0. The fourth-order valence-corrected chi connectivity index (χ4v) is 2.80. The van der Waals surface area contributed by atoms with Crippen LogP contribution in [0.5, 0.6) is 0 Å². The van der Waals surface area contributed by atoms with Gasteiger partial charge in [-0.2, -0.15) is 0 Å². The summed E-state index contributed by atoms with van der Waals surface area (Å²) >= 11 is 0. The van der Waals surface area contributed by atoms with E-state index in [1.807, 2.05) is 91.0 Å². The van der Waals surface area contributed by atoms with E-state index in [2.05, 4.69) is 32.1 Å². The molecule has 0 saturated carbocycles. The molecule has 153 valence electrons. The molecule has 0 aliphatic carbocycles. The van der Waals surface area contributed by atoms with E-state index in [1.165, 1.54) is 6.33 Å². The molecule has 1 radical (unpaired) electrons. The van der Waals surface area contributed by atoms with Crippen molar-refractivity contribution in [2.24, 2.45) is 0 Å². The monoisotopic (exact) mass is 579 g/mol. The van der Waals surface area contributed by atoms with E-state index in [9.17, 15) is 0 Å². The molecule has 0 bridgehead atoms. The van der Waals surface area contributed by atoms with E-state index in [0.717, 1.165) is 33.9 Å². The Morgan fingerprint density at radius 3 is 1.81 bits per heavy atom. The molecule has 3 aromatic heterocycles. The van der Waals surface area contributed by atoms with Gasteiger partial charge in [-0.05, 0) is 29.6 Å². The van der Waals surface area contributed by atoms with Gasteiger partial charge in [0.05, 0.1) is 11.4 Å². The van der Waals surface area contributed by atoms with Gasteiger partial charge in [0, 0.05) is 32.5 Å². The van der Waals surface area contributed by atoms with Crippen LogP contribution in [-0.4, -0.2) is 19.9 Å². The van der Waals surface area contributed by atoms with Crippen LogP contribution in [0.2, 0.25) is 0 Å². The molecule has 0 amide bonds. The fraction of sp³-hybridized carbons (Fsp3) is 0. The van der Waals surface area contributed by atoms with Crippen molar-refractivity contribution in [3.05, 3.63) is 122 Å². The predicted octanol–water partition coefficient (Wildman–Crippen LogP) is 5.55. The molecular formula is C26H18IrN4-2. The molecule has 5 aromatic rings. The maximum atomic E-state index is 4.59. The van der Waals surface area contributed by atoms with Gasteiger partial charge in [-0.15, -0.1) is 71.8 Å². The Kier molecular flexibility index (Phi) is 8.29. The van der Waals surface area contributed by atoms with E-state index in [0.29, 0.717) is 0 Å². The Morgan fingerprint density at radius 2 is 1.19 bits per heavy atom. The zero-order chi connectivity index (χ0) is 20.4. The Balaban J connectivity index is 0.000000183. The summed E-state index contributed by atoms with van der Waals surface area (Å²) in [4.78, 5) is 16.9. The number of rotatable bonds is 3.